The molecule has 1 aromatic carbocycles. The van der Waals surface area contributed by atoms with Crippen molar-refractivity contribution >= 4 is 29.0 Å². The van der Waals surface area contributed by atoms with Gasteiger partial charge in [0.15, 0.2) is 35.7 Å². The van der Waals surface area contributed by atoms with Gasteiger partial charge in [0.05, 0.1) is 22.9 Å². The standard InChI is InChI=1S/C22H10F4N4O/c23-18-16(13(11-27)10-14-6-2-3-7-29-14)17(19(24)21(26)20(18)25)22(31)15(12-28)30-8-4-1-5-9-30/h1-10H/b13-10+. The van der Waals surface area contributed by atoms with E-state index in [-0.39, 0.29) is 5.69 Å². The molecule has 0 radical (unpaired) electrons. The Labute approximate surface area is 173 Å². The first-order valence-electron chi connectivity index (χ1n) is 8.58. The normalized spacial score (nSPS) is 10.9. The Morgan fingerprint density at radius 1 is 0.968 bits per heavy atom. The van der Waals surface area contributed by atoms with Crippen LogP contribution in [-0.2, 0) is 0 Å². The topological polar surface area (TPSA) is 79.9 Å². The van der Waals surface area contributed by atoms with Gasteiger partial charge in [0.25, 0.3) is 11.5 Å². The zero-order valence-electron chi connectivity index (χ0n) is 15.5. The van der Waals surface area contributed by atoms with Gasteiger partial charge in [-0.15, -0.1) is 0 Å². The van der Waals surface area contributed by atoms with Crippen LogP contribution in [0.1, 0.15) is 21.6 Å². The highest BCUT2D eigenvalue weighted by Crippen LogP contribution is 2.32. The van der Waals surface area contributed by atoms with Crippen molar-refractivity contribution in [3.8, 4) is 6.07 Å². The van der Waals surface area contributed by atoms with E-state index in [1.54, 1.807) is 24.1 Å². The van der Waals surface area contributed by atoms with Crippen molar-refractivity contribution < 1.29 is 26.9 Å². The van der Waals surface area contributed by atoms with E-state index in [2.05, 4.69) is 4.98 Å². The van der Waals surface area contributed by atoms with Crippen LogP contribution in [0.15, 0.2) is 55.0 Å². The molecular formula is C22H10F4N4O. The van der Waals surface area contributed by atoms with Gasteiger partial charge in [0.2, 0.25) is 0 Å². The lowest BCUT2D eigenvalue weighted by Gasteiger charge is -2.12. The highest BCUT2D eigenvalue weighted by molar-refractivity contribution is 6.30. The molecule has 3 aromatic rings. The summed E-state index contributed by atoms with van der Waals surface area (Å²) in [5.41, 5.74) is -3.69. The Balaban J connectivity index is 2.33. The van der Waals surface area contributed by atoms with E-state index in [1.807, 2.05) is 0 Å². The molecule has 0 saturated carbocycles. The molecular weight excluding hydrogens is 412 g/mol. The van der Waals surface area contributed by atoms with E-state index in [0.29, 0.717) is 0 Å². The summed E-state index contributed by atoms with van der Waals surface area (Å²) >= 11 is 0. The van der Waals surface area contributed by atoms with E-state index in [4.69, 9.17) is 0 Å². The molecule has 3 rings (SSSR count). The molecule has 0 unspecified atom stereocenters. The summed E-state index contributed by atoms with van der Waals surface area (Å²) in [7, 11) is 0. The lowest BCUT2D eigenvalue weighted by atomic mass is 9.93. The van der Waals surface area contributed by atoms with Crippen LogP contribution in [0.2, 0.25) is 0 Å². The number of pyridine rings is 2. The molecule has 0 saturated heterocycles. The maximum Gasteiger partial charge on any atom is 0.279 e. The van der Waals surface area contributed by atoms with Crippen molar-refractivity contribution in [1.29, 1.82) is 5.26 Å². The highest BCUT2D eigenvalue weighted by Gasteiger charge is 2.34. The number of halogens is 4. The summed E-state index contributed by atoms with van der Waals surface area (Å²) in [6.07, 6.45) is 4.88. The number of benzene rings is 1. The second kappa shape index (κ2) is 8.95. The third-order valence-corrected chi connectivity index (χ3v) is 4.16. The predicted octanol–water partition coefficient (Wildman–Crippen LogP) is 3.95. The first kappa shape index (κ1) is 21.3. The molecule has 0 spiro atoms. The van der Waals surface area contributed by atoms with Crippen LogP contribution < -0.4 is 4.57 Å². The number of Topliss-reactive ketones (excluding diaryl/α,β-unsaturated/α-hetero) is 1. The molecule has 2 heterocycles. The molecule has 5 nitrogen and oxygen atoms in total. The number of nitrogens with zero attached hydrogens (tertiary/aromatic N) is 4. The minimum atomic E-state index is -2.24. The predicted molar refractivity (Wildman–Crippen MR) is 103 cm³/mol. The maximum atomic E-state index is 14.7. The fraction of sp³-hybridized carbons (Fsp3) is 0. The van der Waals surface area contributed by atoms with Crippen molar-refractivity contribution in [2.45, 2.75) is 0 Å². The van der Waals surface area contributed by atoms with Gasteiger partial charge in [-0.1, -0.05) is 12.1 Å². The van der Waals surface area contributed by atoms with E-state index in [1.165, 1.54) is 42.9 Å². The number of rotatable bonds is 5. The van der Waals surface area contributed by atoms with Gasteiger partial charge < -0.3 is 5.41 Å². The Morgan fingerprint density at radius 2 is 1.61 bits per heavy atom. The molecule has 0 aliphatic carbocycles. The SMILES string of the molecule is N#C/C(=C\c1ccccn1)c1c(F)c(F)c(F)c(F)c1C(=O)C(=C=[N-])[n+]1ccccc1. The Bertz CT molecular complexity index is 1290. The van der Waals surface area contributed by atoms with Crippen LogP contribution in [0, 0.1) is 34.6 Å². The second-order valence-corrected chi connectivity index (χ2v) is 6.00. The van der Waals surface area contributed by atoms with Gasteiger partial charge in [-0.05, 0) is 18.2 Å². The van der Waals surface area contributed by atoms with Crippen molar-refractivity contribution in [2.24, 2.45) is 0 Å². The smallest absolute Gasteiger partial charge is 0.279 e. The van der Waals surface area contributed by atoms with Crippen LogP contribution in [0.3, 0.4) is 0 Å². The van der Waals surface area contributed by atoms with Gasteiger partial charge in [0, 0.05) is 23.9 Å². The number of hydrogen-bond acceptors (Lipinski definition) is 3. The zero-order chi connectivity index (χ0) is 22.5. The van der Waals surface area contributed by atoms with Gasteiger partial charge in [-0.3, -0.25) is 9.78 Å². The number of carbonyl (C=O) groups is 1. The summed E-state index contributed by atoms with van der Waals surface area (Å²) < 4.78 is 58.4. The molecule has 152 valence electrons. The molecule has 0 N–H and O–H groups in total. The molecule has 2 aromatic heterocycles. The minimum absolute atomic E-state index is 0.115. The fourth-order valence-electron chi connectivity index (χ4n) is 2.76. The molecule has 31 heavy (non-hydrogen) atoms. The van der Waals surface area contributed by atoms with Crippen molar-refractivity contribution in [1.82, 2.24) is 4.98 Å². The molecule has 0 bridgehead atoms. The molecule has 0 aliphatic heterocycles. The summed E-state index contributed by atoms with van der Waals surface area (Å²) in [5.74, 6) is -8.30. The van der Waals surface area contributed by atoms with E-state index in [9.17, 15) is 33.0 Å². The van der Waals surface area contributed by atoms with Crippen LogP contribution >= 0.6 is 0 Å². The van der Waals surface area contributed by atoms with Gasteiger partial charge in [-0.2, -0.15) is 15.7 Å². The Kier molecular flexibility index (Phi) is 6.15. The molecule has 9 heteroatoms. The average Bonchev–Trinajstić information content (AvgIpc) is 2.80. The maximum absolute atomic E-state index is 14.7. The Morgan fingerprint density at radius 3 is 2.16 bits per heavy atom. The van der Waals surface area contributed by atoms with E-state index >= 15 is 0 Å². The van der Waals surface area contributed by atoms with E-state index in [0.717, 1.165) is 10.6 Å². The van der Waals surface area contributed by atoms with Crippen LogP contribution in [0.25, 0.3) is 22.8 Å². The minimum Gasteiger partial charge on any atom is -0.758 e. The average molecular weight is 422 g/mol. The van der Waals surface area contributed by atoms with Gasteiger partial charge in [-0.25, -0.2) is 17.6 Å². The van der Waals surface area contributed by atoms with Crippen LogP contribution in [-0.4, -0.2) is 16.6 Å². The number of hydrogen-bond donors (Lipinski definition) is 0. The molecule has 0 atom stereocenters. The number of carbonyl (C=O) groups excluding carboxylic acids is 1. The summed E-state index contributed by atoms with van der Waals surface area (Å²) in [4.78, 5) is 16.9. The van der Waals surface area contributed by atoms with Gasteiger partial charge in [0.1, 0.15) is 0 Å². The van der Waals surface area contributed by atoms with Gasteiger partial charge >= 0.3 is 0 Å². The second-order valence-electron chi connectivity index (χ2n) is 6.00. The van der Waals surface area contributed by atoms with E-state index < -0.39 is 51.4 Å². The largest absolute Gasteiger partial charge is 0.758 e. The quantitative estimate of drug-likeness (QED) is 0.0913. The number of ketones is 1. The Hall–Kier alpha value is -4.41. The lowest BCUT2D eigenvalue weighted by Crippen LogP contribution is -2.36. The fourth-order valence-corrected chi connectivity index (χ4v) is 2.76. The molecule has 0 aliphatic rings. The monoisotopic (exact) mass is 422 g/mol. The molecule has 0 amide bonds. The summed E-state index contributed by atoms with van der Waals surface area (Å²) in [6, 6.07) is 10.5. The van der Waals surface area contributed by atoms with Crippen molar-refractivity contribution in [3.63, 3.8) is 0 Å². The first-order valence-corrected chi connectivity index (χ1v) is 8.58. The third-order valence-electron chi connectivity index (χ3n) is 4.16. The van der Waals surface area contributed by atoms with Crippen molar-refractivity contribution in [2.75, 3.05) is 0 Å². The van der Waals surface area contributed by atoms with Crippen LogP contribution in [0.5, 0.6) is 0 Å². The highest BCUT2D eigenvalue weighted by atomic mass is 19.2. The van der Waals surface area contributed by atoms with Crippen LogP contribution in [0.4, 0.5) is 17.6 Å². The first-order chi connectivity index (χ1) is 14.9. The summed E-state index contributed by atoms with van der Waals surface area (Å²) in [6.45, 7) is 0. The lowest BCUT2D eigenvalue weighted by molar-refractivity contribution is -0.575. The molecule has 0 fully saturated rings. The zero-order valence-corrected chi connectivity index (χ0v) is 15.5. The number of nitriles is 1. The number of allylic oxidation sites excluding steroid dienone is 2. The third kappa shape index (κ3) is 4.01. The van der Waals surface area contributed by atoms with Crippen molar-refractivity contribution in [3.05, 3.63) is 100 Å². The number of aromatic nitrogens is 2. The summed E-state index contributed by atoms with van der Waals surface area (Å²) in [5, 5.41) is 18.9.